The topological polar surface area (TPSA) is 91.5 Å². The Morgan fingerprint density at radius 3 is 3.11 bits per heavy atom. The van der Waals surface area contributed by atoms with Crippen LogP contribution in [0.25, 0.3) is 5.65 Å². The van der Waals surface area contributed by atoms with Crippen molar-refractivity contribution in [3.63, 3.8) is 0 Å². The number of hydrogen-bond acceptors (Lipinski definition) is 4. The number of carbonyl (C=O) groups excluding carboxylic acids is 1. The SMILES string of the molecule is C[C@@H](CO)NC(=O)Nc1nc2ccc(F)cn2n1. The molecule has 96 valence electrons. The molecule has 18 heavy (non-hydrogen) atoms. The van der Waals surface area contributed by atoms with Crippen molar-refractivity contribution in [1.29, 1.82) is 0 Å². The zero-order valence-corrected chi connectivity index (χ0v) is 9.59. The first-order chi connectivity index (χ1) is 8.58. The fourth-order valence-corrected chi connectivity index (χ4v) is 1.32. The van der Waals surface area contributed by atoms with Gasteiger partial charge in [-0.2, -0.15) is 4.98 Å². The summed E-state index contributed by atoms with van der Waals surface area (Å²) in [6, 6.07) is 1.79. The predicted molar refractivity (Wildman–Crippen MR) is 61.6 cm³/mol. The normalized spacial score (nSPS) is 12.4. The van der Waals surface area contributed by atoms with Crippen LogP contribution in [0.3, 0.4) is 0 Å². The number of urea groups is 1. The molecule has 0 aliphatic carbocycles. The summed E-state index contributed by atoms with van der Waals surface area (Å²) in [5.41, 5.74) is 0.418. The molecule has 8 heteroatoms. The molecule has 0 spiro atoms. The van der Waals surface area contributed by atoms with Gasteiger partial charge in [-0.25, -0.2) is 13.7 Å². The highest BCUT2D eigenvalue weighted by Crippen LogP contribution is 2.06. The molecule has 0 aliphatic rings. The number of halogens is 1. The smallest absolute Gasteiger partial charge is 0.321 e. The van der Waals surface area contributed by atoms with E-state index in [1.165, 1.54) is 16.6 Å². The van der Waals surface area contributed by atoms with Gasteiger partial charge in [-0.1, -0.05) is 0 Å². The second-order valence-corrected chi connectivity index (χ2v) is 3.77. The van der Waals surface area contributed by atoms with Crippen LogP contribution in [0.15, 0.2) is 18.3 Å². The molecule has 2 heterocycles. The van der Waals surface area contributed by atoms with Crippen LogP contribution >= 0.6 is 0 Å². The minimum absolute atomic E-state index is 0.0586. The molecular weight excluding hydrogens is 241 g/mol. The molecule has 0 aliphatic heterocycles. The van der Waals surface area contributed by atoms with E-state index < -0.39 is 11.8 Å². The largest absolute Gasteiger partial charge is 0.394 e. The molecule has 7 nitrogen and oxygen atoms in total. The average molecular weight is 253 g/mol. The number of fused-ring (bicyclic) bond motifs is 1. The van der Waals surface area contributed by atoms with E-state index in [0.717, 1.165) is 6.20 Å². The molecule has 0 saturated carbocycles. The Bertz CT molecular complexity index is 570. The first-order valence-corrected chi connectivity index (χ1v) is 5.29. The Morgan fingerprint density at radius 2 is 2.39 bits per heavy atom. The molecule has 0 fully saturated rings. The number of nitrogens with one attached hydrogen (secondary N) is 2. The van der Waals surface area contributed by atoms with E-state index in [-0.39, 0.29) is 18.6 Å². The Morgan fingerprint density at radius 1 is 1.61 bits per heavy atom. The number of nitrogens with zero attached hydrogens (tertiary/aromatic N) is 3. The van der Waals surface area contributed by atoms with Crippen LogP contribution in [0.2, 0.25) is 0 Å². The van der Waals surface area contributed by atoms with Gasteiger partial charge >= 0.3 is 6.03 Å². The van der Waals surface area contributed by atoms with Crippen molar-refractivity contribution in [2.45, 2.75) is 13.0 Å². The lowest BCUT2D eigenvalue weighted by Gasteiger charge is -2.09. The first kappa shape index (κ1) is 12.2. The third-order valence-corrected chi connectivity index (χ3v) is 2.17. The Balaban J connectivity index is 2.10. The Labute approximate surface area is 102 Å². The van der Waals surface area contributed by atoms with E-state index in [0.29, 0.717) is 5.65 Å². The quantitative estimate of drug-likeness (QED) is 0.737. The zero-order valence-electron chi connectivity index (χ0n) is 9.59. The molecule has 0 saturated heterocycles. The standard InChI is InChI=1S/C10H12FN5O2/c1-6(5-17)12-10(18)14-9-13-8-3-2-7(11)4-16(8)15-9/h2-4,6,17H,5H2,1H3,(H2,12,14,15,18)/t6-/m0/s1. The summed E-state index contributed by atoms with van der Waals surface area (Å²) >= 11 is 0. The van der Waals surface area contributed by atoms with Crippen molar-refractivity contribution < 1.29 is 14.3 Å². The van der Waals surface area contributed by atoms with Crippen molar-refractivity contribution in [3.8, 4) is 0 Å². The Kier molecular flexibility index (Phi) is 3.38. The number of carbonyl (C=O) groups is 1. The highest BCUT2D eigenvalue weighted by atomic mass is 19.1. The summed E-state index contributed by atoms with van der Waals surface area (Å²) in [7, 11) is 0. The van der Waals surface area contributed by atoms with Crippen molar-refractivity contribution in [2.75, 3.05) is 11.9 Å². The average Bonchev–Trinajstić information content (AvgIpc) is 2.69. The number of amides is 2. The summed E-state index contributed by atoms with van der Waals surface area (Å²) in [5.74, 6) is -0.388. The maximum atomic E-state index is 12.9. The second-order valence-electron chi connectivity index (χ2n) is 3.77. The summed E-state index contributed by atoms with van der Waals surface area (Å²) in [6.07, 6.45) is 1.15. The number of aliphatic hydroxyl groups is 1. The van der Waals surface area contributed by atoms with E-state index in [2.05, 4.69) is 20.7 Å². The molecule has 2 aromatic heterocycles. The molecular formula is C10H12FN5O2. The van der Waals surface area contributed by atoms with Gasteiger partial charge in [0.05, 0.1) is 18.8 Å². The van der Waals surface area contributed by atoms with Crippen molar-refractivity contribution in [3.05, 3.63) is 24.1 Å². The van der Waals surface area contributed by atoms with Gasteiger partial charge in [0.2, 0.25) is 0 Å². The van der Waals surface area contributed by atoms with Crippen LogP contribution in [0.1, 0.15) is 6.92 Å². The second kappa shape index (κ2) is 4.96. The third kappa shape index (κ3) is 2.72. The molecule has 0 radical (unpaired) electrons. The van der Waals surface area contributed by atoms with E-state index in [1.54, 1.807) is 6.92 Å². The van der Waals surface area contributed by atoms with Crippen LogP contribution in [-0.2, 0) is 0 Å². The van der Waals surface area contributed by atoms with Crippen LogP contribution in [0.5, 0.6) is 0 Å². The number of hydrogen-bond donors (Lipinski definition) is 3. The van der Waals surface area contributed by atoms with Crippen molar-refractivity contribution in [2.24, 2.45) is 0 Å². The van der Waals surface area contributed by atoms with Crippen LogP contribution < -0.4 is 10.6 Å². The van der Waals surface area contributed by atoms with Gasteiger partial charge in [0.15, 0.2) is 5.65 Å². The number of aromatic nitrogens is 3. The molecule has 0 aromatic carbocycles. The van der Waals surface area contributed by atoms with Crippen LogP contribution in [0, 0.1) is 5.82 Å². The van der Waals surface area contributed by atoms with Gasteiger partial charge in [0.25, 0.3) is 5.95 Å². The molecule has 2 rings (SSSR count). The molecule has 0 bridgehead atoms. The number of pyridine rings is 1. The molecule has 0 unspecified atom stereocenters. The zero-order chi connectivity index (χ0) is 13.1. The van der Waals surface area contributed by atoms with E-state index >= 15 is 0 Å². The van der Waals surface area contributed by atoms with E-state index in [9.17, 15) is 9.18 Å². The minimum atomic E-state index is -0.534. The monoisotopic (exact) mass is 253 g/mol. The number of rotatable bonds is 3. The molecule has 1 atom stereocenters. The Hall–Kier alpha value is -2.22. The van der Waals surface area contributed by atoms with Crippen molar-refractivity contribution >= 4 is 17.6 Å². The number of anilines is 1. The minimum Gasteiger partial charge on any atom is -0.394 e. The highest BCUT2D eigenvalue weighted by Gasteiger charge is 2.10. The van der Waals surface area contributed by atoms with Crippen LogP contribution in [0.4, 0.5) is 15.1 Å². The van der Waals surface area contributed by atoms with Gasteiger partial charge < -0.3 is 10.4 Å². The fraction of sp³-hybridized carbons (Fsp3) is 0.300. The summed E-state index contributed by atoms with van der Waals surface area (Å²) in [6.45, 7) is 1.48. The third-order valence-electron chi connectivity index (χ3n) is 2.17. The lowest BCUT2D eigenvalue weighted by Crippen LogP contribution is -2.38. The van der Waals surface area contributed by atoms with E-state index in [1.807, 2.05) is 0 Å². The first-order valence-electron chi connectivity index (χ1n) is 5.29. The highest BCUT2D eigenvalue weighted by molar-refractivity contribution is 5.87. The fourth-order valence-electron chi connectivity index (χ4n) is 1.32. The maximum Gasteiger partial charge on any atom is 0.321 e. The summed E-state index contributed by atoms with van der Waals surface area (Å²) in [5, 5.41) is 17.5. The summed E-state index contributed by atoms with van der Waals surface area (Å²) in [4.78, 5) is 15.4. The molecule has 2 aromatic rings. The van der Waals surface area contributed by atoms with Gasteiger partial charge in [-0.3, -0.25) is 5.32 Å². The van der Waals surface area contributed by atoms with Gasteiger partial charge in [0, 0.05) is 0 Å². The lowest BCUT2D eigenvalue weighted by atomic mass is 10.4. The van der Waals surface area contributed by atoms with Crippen LogP contribution in [-0.4, -0.2) is 38.4 Å². The summed E-state index contributed by atoms with van der Waals surface area (Å²) < 4.78 is 14.1. The molecule has 2 amide bonds. The van der Waals surface area contributed by atoms with Gasteiger partial charge in [0.1, 0.15) is 5.82 Å². The molecule has 3 N–H and O–H groups in total. The van der Waals surface area contributed by atoms with Gasteiger partial charge in [-0.15, -0.1) is 5.10 Å². The van der Waals surface area contributed by atoms with E-state index in [4.69, 9.17) is 5.11 Å². The van der Waals surface area contributed by atoms with Gasteiger partial charge in [-0.05, 0) is 19.1 Å². The predicted octanol–water partition coefficient (Wildman–Crippen LogP) is 0.371. The maximum absolute atomic E-state index is 12.9. The number of aliphatic hydroxyl groups excluding tert-OH is 1. The lowest BCUT2D eigenvalue weighted by molar-refractivity contribution is 0.229. The van der Waals surface area contributed by atoms with Crippen molar-refractivity contribution in [1.82, 2.24) is 19.9 Å².